The van der Waals surface area contributed by atoms with E-state index in [0.717, 1.165) is 6.42 Å². The Labute approximate surface area is 99.1 Å². The third-order valence-corrected chi connectivity index (χ3v) is 2.23. The van der Waals surface area contributed by atoms with Gasteiger partial charge in [0.25, 0.3) is 0 Å². The van der Waals surface area contributed by atoms with Crippen molar-refractivity contribution in [3.05, 3.63) is 0 Å². The molecule has 4 nitrogen and oxygen atoms in total. The lowest BCUT2D eigenvalue weighted by atomic mass is 10.1. The van der Waals surface area contributed by atoms with Crippen molar-refractivity contribution in [1.82, 2.24) is 10.6 Å². The minimum atomic E-state index is 0.0664. The molecule has 0 aromatic rings. The topological polar surface area (TPSA) is 50.4 Å². The minimum Gasteiger partial charge on any atom is -0.383 e. The van der Waals surface area contributed by atoms with Crippen molar-refractivity contribution in [3.63, 3.8) is 0 Å². The van der Waals surface area contributed by atoms with Gasteiger partial charge in [0, 0.05) is 25.6 Å². The molecule has 4 heteroatoms. The summed E-state index contributed by atoms with van der Waals surface area (Å²) in [4.78, 5) is 11.6. The Morgan fingerprint density at radius 1 is 1.38 bits per heavy atom. The highest BCUT2D eigenvalue weighted by atomic mass is 16.5. The predicted octanol–water partition coefficient (Wildman–Crippen LogP) is 1.31. The number of carbonyl (C=O) groups is 1. The molecule has 0 radical (unpaired) electrons. The number of carbonyl (C=O) groups excluding carboxylic acids is 1. The van der Waals surface area contributed by atoms with E-state index in [1.54, 1.807) is 7.11 Å². The monoisotopic (exact) mass is 230 g/mol. The molecule has 0 aliphatic heterocycles. The number of rotatable bonds is 7. The molecule has 1 unspecified atom stereocenters. The average Bonchev–Trinajstić information content (AvgIpc) is 2.15. The van der Waals surface area contributed by atoms with Crippen LogP contribution in [0.25, 0.3) is 0 Å². The van der Waals surface area contributed by atoms with Crippen molar-refractivity contribution in [2.45, 2.75) is 52.1 Å². The van der Waals surface area contributed by atoms with Crippen LogP contribution in [-0.4, -0.2) is 37.7 Å². The molecule has 16 heavy (non-hydrogen) atoms. The van der Waals surface area contributed by atoms with E-state index in [-0.39, 0.29) is 17.5 Å². The first-order valence-electron chi connectivity index (χ1n) is 5.92. The summed E-state index contributed by atoms with van der Waals surface area (Å²) in [6.45, 7) is 9.59. The molecule has 0 spiro atoms. The second-order valence-corrected chi connectivity index (χ2v) is 5.05. The summed E-state index contributed by atoms with van der Waals surface area (Å²) in [7, 11) is 1.65. The van der Waals surface area contributed by atoms with Gasteiger partial charge in [-0.2, -0.15) is 0 Å². The van der Waals surface area contributed by atoms with Crippen LogP contribution in [-0.2, 0) is 9.53 Å². The fraction of sp³-hybridized carbons (Fsp3) is 0.917. The summed E-state index contributed by atoms with van der Waals surface area (Å²) >= 11 is 0. The Balaban J connectivity index is 3.72. The maximum Gasteiger partial charge on any atom is 0.221 e. The largest absolute Gasteiger partial charge is 0.383 e. The normalized spacial score (nSPS) is 13.6. The van der Waals surface area contributed by atoms with E-state index in [0.29, 0.717) is 19.6 Å². The number of nitrogens with one attached hydrogen (secondary N) is 2. The van der Waals surface area contributed by atoms with Crippen LogP contribution in [0.4, 0.5) is 0 Å². The van der Waals surface area contributed by atoms with Gasteiger partial charge in [0.2, 0.25) is 5.91 Å². The lowest BCUT2D eigenvalue weighted by Crippen LogP contribution is -2.41. The average molecular weight is 230 g/mol. The van der Waals surface area contributed by atoms with Crippen molar-refractivity contribution in [2.75, 3.05) is 20.3 Å². The maximum absolute atomic E-state index is 11.6. The van der Waals surface area contributed by atoms with Gasteiger partial charge >= 0.3 is 0 Å². The molecule has 0 fully saturated rings. The number of hydrogen-bond donors (Lipinski definition) is 2. The van der Waals surface area contributed by atoms with E-state index >= 15 is 0 Å². The Bertz CT molecular complexity index is 200. The van der Waals surface area contributed by atoms with Gasteiger partial charge in [0.05, 0.1) is 12.6 Å². The van der Waals surface area contributed by atoms with Crippen LogP contribution in [0.1, 0.15) is 40.5 Å². The second-order valence-electron chi connectivity index (χ2n) is 5.05. The molecule has 1 amide bonds. The number of methoxy groups -OCH3 is 1. The van der Waals surface area contributed by atoms with E-state index in [1.165, 1.54) is 0 Å². The van der Waals surface area contributed by atoms with Crippen molar-refractivity contribution in [3.8, 4) is 0 Å². The van der Waals surface area contributed by atoms with Crippen molar-refractivity contribution < 1.29 is 9.53 Å². The summed E-state index contributed by atoms with van der Waals surface area (Å²) < 4.78 is 5.02. The smallest absolute Gasteiger partial charge is 0.221 e. The number of ether oxygens (including phenoxy) is 1. The highest BCUT2D eigenvalue weighted by Gasteiger charge is 2.12. The SMILES string of the molecule is CCC(COC)NC(=O)CCNC(C)(C)C. The van der Waals surface area contributed by atoms with Crippen molar-refractivity contribution >= 4 is 5.91 Å². The molecular formula is C12H26N2O2. The Morgan fingerprint density at radius 2 is 2.00 bits per heavy atom. The first-order valence-corrected chi connectivity index (χ1v) is 5.92. The summed E-state index contributed by atoms with van der Waals surface area (Å²) in [6, 6.07) is 0.132. The molecule has 0 bridgehead atoms. The highest BCUT2D eigenvalue weighted by molar-refractivity contribution is 5.76. The van der Waals surface area contributed by atoms with Crippen LogP contribution >= 0.6 is 0 Å². The van der Waals surface area contributed by atoms with E-state index in [2.05, 4.69) is 31.4 Å². The zero-order valence-electron chi connectivity index (χ0n) is 11.2. The van der Waals surface area contributed by atoms with Gasteiger partial charge in [-0.25, -0.2) is 0 Å². The third kappa shape index (κ3) is 8.68. The van der Waals surface area contributed by atoms with Crippen LogP contribution in [0, 0.1) is 0 Å². The molecule has 0 rings (SSSR count). The Kier molecular flexibility index (Phi) is 7.34. The quantitative estimate of drug-likeness (QED) is 0.693. The molecule has 0 aromatic heterocycles. The van der Waals surface area contributed by atoms with Crippen LogP contribution in [0.5, 0.6) is 0 Å². The molecule has 96 valence electrons. The van der Waals surface area contributed by atoms with Gasteiger partial charge < -0.3 is 15.4 Å². The molecule has 0 saturated heterocycles. The van der Waals surface area contributed by atoms with Gasteiger partial charge in [-0.15, -0.1) is 0 Å². The molecule has 0 aliphatic carbocycles. The Morgan fingerprint density at radius 3 is 2.44 bits per heavy atom. The lowest BCUT2D eigenvalue weighted by molar-refractivity contribution is -0.122. The summed E-state index contributed by atoms with van der Waals surface area (Å²) in [6.07, 6.45) is 1.41. The summed E-state index contributed by atoms with van der Waals surface area (Å²) in [5.74, 6) is 0.0839. The number of amides is 1. The fourth-order valence-electron chi connectivity index (χ4n) is 1.31. The van der Waals surface area contributed by atoms with E-state index in [9.17, 15) is 4.79 Å². The fourth-order valence-corrected chi connectivity index (χ4v) is 1.31. The predicted molar refractivity (Wildman–Crippen MR) is 66.5 cm³/mol. The highest BCUT2D eigenvalue weighted by Crippen LogP contribution is 1.98. The number of hydrogen-bond acceptors (Lipinski definition) is 3. The van der Waals surface area contributed by atoms with Crippen LogP contribution in [0.15, 0.2) is 0 Å². The first kappa shape index (κ1) is 15.4. The van der Waals surface area contributed by atoms with Gasteiger partial charge in [0.15, 0.2) is 0 Å². The maximum atomic E-state index is 11.6. The standard InChI is InChI=1S/C12H26N2O2/c1-6-10(9-16-5)14-11(15)7-8-13-12(2,3)4/h10,13H,6-9H2,1-5H3,(H,14,15). The third-order valence-electron chi connectivity index (χ3n) is 2.23. The summed E-state index contributed by atoms with van der Waals surface area (Å²) in [5.41, 5.74) is 0.0664. The molecule has 0 saturated carbocycles. The van der Waals surface area contributed by atoms with Crippen LogP contribution in [0.3, 0.4) is 0 Å². The van der Waals surface area contributed by atoms with E-state index in [1.807, 2.05) is 6.92 Å². The molecule has 1 atom stereocenters. The molecule has 2 N–H and O–H groups in total. The molecule has 0 aromatic carbocycles. The summed E-state index contributed by atoms with van der Waals surface area (Å²) in [5, 5.41) is 6.23. The first-order chi connectivity index (χ1) is 7.39. The minimum absolute atomic E-state index is 0.0664. The van der Waals surface area contributed by atoms with Gasteiger partial charge in [-0.05, 0) is 27.2 Å². The van der Waals surface area contributed by atoms with E-state index in [4.69, 9.17) is 4.74 Å². The van der Waals surface area contributed by atoms with Crippen LogP contribution in [0.2, 0.25) is 0 Å². The second kappa shape index (κ2) is 7.63. The van der Waals surface area contributed by atoms with Gasteiger partial charge in [-0.1, -0.05) is 6.92 Å². The molecular weight excluding hydrogens is 204 g/mol. The van der Waals surface area contributed by atoms with Gasteiger partial charge in [0.1, 0.15) is 0 Å². The van der Waals surface area contributed by atoms with Gasteiger partial charge in [-0.3, -0.25) is 4.79 Å². The zero-order valence-corrected chi connectivity index (χ0v) is 11.2. The Hall–Kier alpha value is -0.610. The molecule has 0 heterocycles. The van der Waals surface area contributed by atoms with Crippen molar-refractivity contribution in [1.29, 1.82) is 0 Å². The zero-order chi connectivity index (χ0) is 12.6. The van der Waals surface area contributed by atoms with Crippen molar-refractivity contribution in [2.24, 2.45) is 0 Å². The van der Waals surface area contributed by atoms with E-state index < -0.39 is 0 Å². The van der Waals surface area contributed by atoms with Crippen LogP contribution < -0.4 is 10.6 Å². The lowest BCUT2D eigenvalue weighted by Gasteiger charge is -2.21. The molecule has 0 aliphatic rings.